The summed E-state index contributed by atoms with van der Waals surface area (Å²) in [6.07, 6.45) is -1.92. The van der Waals surface area contributed by atoms with Gasteiger partial charge in [-0.25, -0.2) is 13.4 Å². The first-order valence-electron chi connectivity index (χ1n) is 9.78. The van der Waals surface area contributed by atoms with Gasteiger partial charge < -0.3 is 14.6 Å². The van der Waals surface area contributed by atoms with Crippen molar-refractivity contribution in [2.24, 2.45) is 7.05 Å². The Balaban J connectivity index is 1.68. The topological polar surface area (TPSA) is 111 Å². The summed E-state index contributed by atoms with van der Waals surface area (Å²) < 4.78 is 72.8. The minimum Gasteiger partial charge on any atom is -0.475 e. The van der Waals surface area contributed by atoms with Crippen molar-refractivity contribution >= 4 is 27.3 Å². The minimum atomic E-state index is -4.57. The van der Waals surface area contributed by atoms with Crippen molar-refractivity contribution in [3.8, 4) is 5.88 Å². The fourth-order valence-electron chi connectivity index (χ4n) is 3.31. The number of fused-ring (bicyclic) bond motifs is 1. The zero-order chi connectivity index (χ0) is 24.7. The van der Waals surface area contributed by atoms with E-state index in [0.29, 0.717) is 0 Å². The summed E-state index contributed by atoms with van der Waals surface area (Å²) >= 11 is 0. The normalized spacial score (nSPS) is 15.1. The molecular formula is C21H17F3N4O5S. The van der Waals surface area contributed by atoms with Crippen LogP contribution in [0.25, 0.3) is 0 Å². The highest BCUT2D eigenvalue weighted by atomic mass is 32.2. The van der Waals surface area contributed by atoms with Gasteiger partial charge in [-0.15, -0.1) is 0 Å². The zero-order valence-corrected chi connectivity index (χ0v) is 18.4. The summed E-state index contributed by atoms with van der Waals surface area (Å²) in [6.45, 7) is -0.280. The lowest BCUT2D eigenvalue weighted by molar-refractivity contribution is -0.137. The lowest BCUT2D eigenvalue weighted by Gasteiger charge is -2.22. The van der Waals surface area contributed by atoms with Crippen molar-refractivity contribution in [1.82, 2.24) is 9.55 Å². The van der Waals surface area contributed by atoms with Crippen LogP contribution in [0.15, 0.2) is 64.5 Å². The van der Waals surface area contributed by atoms with E-state index in [1.807, 2.05) is 0 Å². The molecule has 0 aliphatic carbocycles. The molecule has 0 saturated heterocycles. The summed E-state index contributed by atoms with van der Waals surface area (Å²) in [5.74, 6) is -0.988. The number of halogens is 3. The molecule has 0 radical (unpaired) electrons. The zero-order valence-electron chi connectivity index (χ0n) is 17.5. The van der Waals surface area contributed by atoms with Crippen molar-refractivity contribution in [2.45, 2.75) is 11.1 Å². The van der Waals surface area contributed by atoms with Gasteiger partial charge in [0.05, 0.1) is 29.7 Å². The van der Waals surface area contributed by atoms with E-state index in [2.05, 4.69) is 10.3 Å². The Bertz CT molecular complexity index is 1420. The summed E-state index contributed by atoms with van der Waals surface area (Å²) in [5.41, 5.74) is -1.64. The number of aromatic nitrogens is 2. The van der Waals surface area contributed by atoms with Crippen molar-refractivity contribution < 1.29 is 31.1 Å². The van der Waals surface area contributed by atoms with Crippen molar-refractivity contribution in [3.63, 3.8) is 0 Å². The standard InChI is InChI=1S/C21H17F3N4O5S/c1-27-8-2-3-16(20(27)30)18(29)26-14-11-17-19(25-12-14)33-10-9-28(34(17,31)32)15-6-4-13(5-7-15)21(22,23)24/h2-8,11-12H,9-10H2,1H3,(H,26,29). The number of anilines is 2. The molecule has 4 rings (SSSR count). The van der Waals surface area contributed by atoms with Gasteiger partial charge in [0, 0.05) is 13.2 Å². The highest BCUT2D eigenvalue weighted by Crippen LogP contribution is 2.35. The molecule has 34 heavy (non-hydrogen) atoms. The van der Waals surface area contributed by atoms with Crippen molar-refractivity contribution in [3.05, 3.63) is 76.3 Å². The number of nitrogens with zero attached hydrogens (tertiary/aromatic N) is 3. The molecule has 0 fully saturated rings. The number of pyridine rings is 2. The van der Waals surface area contributed by atoms with Crippen LogP contribution in [0.2, 0.25) is 0 Å². The van der Waals surface area contributed by atoms with Gasteiger partial charge in [-0.1, -0.05) is 0 Å². The number of amides is 1. The van der Waals surface area contributed by atoms with Crippen LogP contribution in [0.1, 0.15) is 15.9 Å². The molecule has 0 bridgehead atoms. The van der Waals surface area contributed by atoms with Crippen LogP contribution in [0.3, 0.4) is 0 Å². The minimum absolute atomic E-state index is 0.00618. The van der Waals surface area contributed by atoms with Gasteiger partial charge in [-0.05, 0) is 42.5 Å². The number of benzene rings is 1. The Morgan fingerprint density at radius 3 is 2.56 bits per heavy atom. The monoisotopic (exact) mass is 494 g/mol. The lowest BCUT2D eigenvalue weighted by atomic mass is 10.2. The van der Waals surface area contributed by atoms with E-state index in [-0.39, 0.29) is 40.9 Å². The SMILES string of the molecule is Cn1cccc(C(=O)Nc2cnc3c(c2)S(=O)(=O)N(c2ccc(C(F)(F)F)cc2)CCO3)c1=O. The van der Waals surface area contributed by atoms with Crippen LogP contribution in [0, 0.1) is 0 Å². The van der Waals surface area contributed by atoms with Gasteiger partial charge in [0.1, 0.15) is 12.2 Å². The maximum atomic E-state index is 13.3. The Morgan fingerprint density at radius 2 is 1.88 bits per heavy atom. The molecule has 1 N–H and O–H groups in total. The molecule has 2 aromatic heterocycles. The van der Waals surface area contributed by atoms with E-state index < -0.39 is 33.2 Å². The van der Waals surface area contributed by atoms with Gasteiger partial charge >= 0.3 is 6.18 Å². The predicted molar refractivity (Wildman–Crippen MR) is 115 cm³/mol. The molecule has 0 saturated carbocycles. The first-order chi connectivity index (χ1) is 16.0. The number of carbonyl (C=O) groups excluding carboxylic acids is 1. The van der Waals surface area contributed by atoms with E-state index in [0.717, 1.165) is 34.6 Å². The van der Waals surface area contributed by atoms with Gasteiger partial charge in [0.15, 0.2) is 4.90 Å². The third kappa shape index (κ3) is 4.33. The van der Waals surface area contributed by atoms with Gasteiger partial charge in [-0.2, -0.15) is 13.2 Å². The Kier molecular flexibility index (Phi) is 5.81. The molecule has 0 atom stereocenters. The number of alkyl halides is 3. The van der Waals surface area contributed by atoms with Crippen molar-refractivity contribution in [2.75, 3.05) is 22.8 Å². The number of hydrogen-bond donors (Lipinski definition) is 1. The van der Waals surface area contributed by atoms with Crippen LogP contribution in [0.4, 0.5) is 24.5 Å². The second kappa shape index (κ2) is 8.48. The summed E-state index contributed by atoms with van der Waals surface area (Å²) in [6, 6.07) is 7.61. The average Bonchev–Trinajstić information content (AvgIpc) is 2.91. The second-order valence-electron chi connectivity index (χ2n) is 7.29. The lowest BCUT2D eigenvalue weighted by Crippen LogP contribution is -2.32. The Morgan fingerprint density at radius 1 is 1.18 bits per heavy atom. The number of nitrogens with one attached hydrogen (secondary N) is 1. The molecular weight excluding hydrogens is 477 g/mol. The number of ether oxygens (including phenoxy) is 1. The number of aryl methyl sites for hydroxylation is 1. The molecule has 13 heteroatoms. The molecule has 0 spiro atoms. The van der Waals surface area contributed by atoms with Crippen LogP contribution in [-0.4, -0.2) is 37.0 Å². The number of rotatable bonds is 3. The Hall–Kier alpha value is -3.87. The van der Waals surface area contributed by atoms with Crippen LogP contribution in [0.5, 0.6) is 5.88 Å². The van der Waals surface area contributed by atoms with Gasteiger partial charge in [0.2, 0.25) is 5.88 Å². The van der Waals surface area contributed by atoms with Crippen LogP contribution >= 0.6 is 0 Å². The van der Waals surface area contributed by atoms with Crippen molar-refractivity contribution in [1.29, 1.82) is 0 Å². The first-order valence-corrected chi connectivity index (χ1v) is 11.2. The number of carbonyl (C=O) groups is 1. The molecule has 178 valence electrons. The van der Waals surface area contributed by atoms with E-state index in [4.69, 9.17) is 4.74 Å². The average molecular weight is 494 g/mol. The van der Waals surface area contributed by atoms with E-state index in [1.165, 1.54) is 36.1 Å². The summed E-state index contributed by atoms with van der Waals surface area (Å²) in [7, 11) is -2.84. The molecule has 1 amide bonds. The second-order valence-corrected chi connectivity index (χ2v) is 9.12. The van der Waals surface area contributed by atoms with E-state index in [1.54, 1.807) is 0 Å². The van der Waals surface area contributed by atoms with Crippen LogP contribution < -0.4 is 19.9 Å². The molecule has 1 aliphatic heterocycles. The molecule has 3 heterocycles. The summed E-state index contributed by atoms with van der Waals surface area (Å²) in [4.78, 5) is 28.3. The largest absolute Gasteiger partial charge is 0.475 e. The number of sulfonamides is 1. The Labute approximate surface area is 191 Å². The van der Waals surface area contributed by atoms with E-state index >= 15 is 0 Å². The van der Waals surface area contributed by atoms with Gasteiger partial charge in [-0.3, -0.25) is 13.9 Å². The fourth-order valence-corrected chi connectivity index (χ4v) is 4.87. The quantitative estimate of drug-likeness (QED) is 0.600. The third-order valence-electron chi connectivity index (χ3n) is 5.03. The molecule has 9 nitrogen and oxygen atoms in total. The highest BCUT2D eigenvalue weighted by molar-refractivity contribution is 7.93. The fraction of sp³-hybridized carbons (Fsp3) is 0.190. The number of hydrogen-bond acceptors (Lipinski definition) is 6. The molecule has 0 unspecified atom stereocenters. The maximum Gasteiger partial charge on any atom is 0.416 e. The van der Waals surface area contributed by atoms with Crippen LogP contribution in [-0.2, 0) is 23.2 Å². The molecule has 1 aromatic carbocycles. The predicted octanol–water partition coefficient (Wildman–Crippen LogP) is 2.64. The first kappa shape index (κ1) is 23.3. The smallest absolute Gasteiger partial charge is 0.416 e. The third-order valence-corrected chi connectivity index (χ3v) is 6.85. The van der Waals surface area contributed by atoms with E-state index in [9.17, 15) is 31.2 Å². The van der Waals surface area contributed by atoms with Gasteiger partial charge in [0.25, 0.3) is 21.5 Å². The summed E-state index contributed by atoms with van der Waals surface area (Å²) in [5, 5.41) is 2.43. The molecule has 3 aromatic rings. The maximum absolute atomic E-state index is 13.3. The highest BCUT2D eigenvalue weighted by Gasteiger charge is 2.34. The molecule has 1 aliphatic rings.